The van der Waals surface area contributed by atoms with Crippen LogP contribution in [0.15, 0.2) is 0 Å². The SMILES string of the molecule is O=C(NCC(F)(F)CO)OC1CCCCC1. The average molecular weight is 237 g/mol. The van der Waals surface area contributed by atoms with Gasteiger partial charge in [0.05, 0.1) is 6.54 Å². The third kappa shape index (κ3) is 4.74. The molecule has 0 saturated heterocycles. The topological polar surface area (TPSA) is 58.6 Å². The van der Waals surface area contributed by atoms with Gasteiger partial charge in [-0.2, -0.15) is 0 Å². The highest BCUT2D eigenvalue weighted by Crippen LogP contribution is 2.20. The number of alkyl halides is 2. The first kappa shape index (κ1) is 13.2. The zero-order chi connectivity index (χ0) is 12.0. The van der Waals surface area contributed by atoms with Gasteiger partial charge < -0.3 is 15.2 Å². The molecule has 0 radical (unpaired) electrons. The first-order chi connectivity index (χ1) is 7.53. The van der Waals surface area contributed by atoms with E-state index in [0.29, 0.717) is 0 Å². The predicted molar refractivity (Wildman–Crippen MR) is 53.4 cm³/mol. The predicted octanol–water partition coefficient (Wildman–Crippen LogP) is 1.67. The second-order valence-electron chi connectivity index (χ2n) is 4.03. The minimum atomic E-state index is -3.29. The van der Waals surface area contributed by atoms with Crippen molar-refractivity contribution in [2.75, 3.05) is 13.2 Å². The first-order valence-electron chi connectivity index (χ1n) is 5.47. The van der Waals surface area contributed by atoms with Crippen LogP contribution in [-0.4, -0.2) is 36.4 Å². The third-order valence-corrected chi connectivity index (χ3v) is 2.55. The van der Waals surface area contributed by atoms with Gasteiger partial charge in [-0.05, 0) is 25.7 Å². The number of hydrogen-bond donors (Lipinski definition) is 2. The fourth-order valence-electron chi connectivity index (χ4n) is 1.63. The first-order valence-corrected chi connectivity index (χ1v) is 5.47. The van der Waals surface area contributed by atoms with Gasteiger partial charge >= 0.3 is 6.09 Å². The van der Waals surface area contributed by atoms with E-state index in [0.717, 1.165) is 32.1 Å². The molecule has 1 amide bonds. The van der Waals surface area contributed by atoms with E-state index in [2.05, 4.69) is 0 Å². The van der Waals surface area contributed by atoms with Crippen molar-refractivity contribution in [3.05, 3.63) is 0 Å². The van der Waals surface area contributed by atoms with E-state index in [1.807, 2.05) is 5.32 Å². The Balaban J connectivity index is 2.19. The Labute approximate surface area is 93.0 Å². The molecule has 0 aromatic rings. The number of ether oxygens (including phenoxy) is 1. The van der Waals surface area contributed by atoms with Crippen LogP contribution in [-0.2, 0) is 4.74 Å². The van der Waals surface area contributed by atoms with Crippen molar-refractivity contribution in [2.24, 2.45) is 0 Å². The van der Waals surface area contributed by atoms with Crippen molar-refractivity contribution in [1.29, 1.82) is 0 Å². The molecule has 4 nitrogen and oxygen atoms in total. The summed E-state index contributed by atoms with van der Waals surface area (Å²) >= 11 is 0. The van der Waals surface area contributed by atoms with Crippen molar-refractivity contribution in [1.82, 2.24) is 5.32 Å². The fraction of sp³-hybridized carbons (Fsp3) is 0.900. The average Bonchev–Trinajstić information content (AvgIpc) is 2.28. The number of hydrogen-bond acceptors (Lipinski definition) is 3. The van der Waals surface area contributed by atoms with Crippen LogP contribution in [0.3, 0.4) is 0 Å². The molecule has 0 spiro atoms. The maximum Gasteiger partial charge on any atom is 0.407 e. The van der Waals surface area contributed by atoms with Crippen molar-refractivity contribution >= 4 is 6.09 Å². The molecule has 2 N–H and O–H groups in total. The van der Waals surface area contributed by atoms with E-state index in [1.165, 1.54) is 0 Å². The van der Waals surface area contributed by atoms with Crippen LogP contribution in [0.25, 0.3) is 0 Å². The van der Waals surface area contributed by atoms with Gasteiger partial charge in [-0.1, -0.05) is 6.42 Å². The molecule has 1 aliphatic rings. The number of alkyl carbamates (subject to hydrolysis) is 1. The highest BCUT2D eigenvalue weighted by Gasteiger charge is 2.29. The van der Waals surface area contributed by atoms with Gasteiger partial charge in [-0.3, -0.25) is 0 Å². The Morgan fingerprint density at radius 1 is 1.38 bits per heavy atom. The molecule has 1 fully saturated rings. The summed E-state index contributed by atoms with van der Waals surface area (Å²) in [7, 11) is 0. The Morgan fingerprint density at radius 3 is 2.56 bits per heavy atom. The summed E-state index contributed by atoms with van der Waals surface area (Å²) in [4.78, 5) is 11.1. The minimum absolute atomic E-state index is 0.156. The minimum Gasteiger partial charge on any atom is -0.446 e. The number of carbonyl (C=O) groups excluding carboxylic acids is 1. The molecule has 6 heteroatoms. The highest BCUT2D eigenvalue weighted by atomic mass is 19.3. The van der Waals surface area contributed by atoms with Crippen molar-refractivity contribution in [2.45, 2.75) is 44.1 Å². The lowest BCUT2D eigenvalue weighted by Gasteiger charge is -2.22. The molecule has 94 valence electrons. The molecule has 0 heterocycles. The molecular weight excluding hydrogens is 220 g/mol. The summed E-state index contributed by atoms with van der Waals surface area (Å²) in [5.74, 6) is -3.29. The molecule has 0 bridgehead atoms. The Hall–Kier alpha value is -0.910. The summed E-state index contributed by atoms with van der Waals surface area (Å²) in [5.41, 5.74) is 0. The molecule has 0 atom stereocenters. The van der Waals surface area contributed by atoms with E-state index in [1.54, 1.807) is 0 Å². The molecule has 1 saturated carbocycles. The van der Waals surface area contributed by atoms with Crippen molar-refractivity contribution < 1.29 is 23.4 Å². The second-order valence-corrected chi connectivity index (χ2v) is 4.03. The lowest BCUT2D eigenvalue weighted by Crippen LogP contribution is -2.40. The monoisotopic (exact) mass is 237 g/mol. The highest BCUT2D eigenvalue weighted by molar-refractivity contribution is 5.67. The number of amides is 1. The molecule has 16 heavy (non-hydrogen) atoms. The van der Waals surface area contributed by atoms with E-state index in [9.17, 15) is 13.6 Å². The molecule has 1 aliphatic carbocycles. The number of carbonyl (C=O) groups is 1. The van der Waals surface area contributed by atoms with Crippen LogP contribution in [0.4, 0.5) is 13.6 Å². The van der Waals surface area contributed by atoms with Crippen molar-refractivity contribution in [3.8, 4) is 0 Å². The number of aliphatic hydroxyl groups excluding tert-OH is 1. The van der Waals surface area contributed by atoms with Crippen LogP contribution < -0.4 is 5.32 Å². The molecule has 0 unspecified atom stereocenters. The van der Waals surface area contributed by atoms with Gasteiger partial charge in [0.1, 0.15) is 12.7 Å². The van der Waals surface area contributed by atoms with Crippen LogP contribution in [0, 0.1) is 0 Å². The van der Waals surface area contributed by atoms with Gasteiger partial charge in [0.25, 0.3) is 5.92 Å². The molecule has 1 rings (SSSR count). The summed E-state index contributed by atoms with van der Waals surface area (Å²) in [5, 5.41) is 10.2. The number of rotatable bonds is 4. The molecule has 0 aliphatic heterocycles. The lowest BCUT2D eigenvalue weighted by atomic mass is 9.98. The fourth-order valence-corrected chi connectivity index (χ4v) is 1.63. The van der Waals surface area contributed by atoms with Gasteiger partial charge in [0, 0.05) is 0 Å². The standard InChI is InChI=1S/C10H17F2NO3/c11-10(12,7-14)6-13-9(15)16-8-4-2-1-3-5-8/h8,14H,1-7H2,(H,13,15). The van der Waals surface area contributed by atoms with Crippen LogP contribution in [0.5, 0.6) is 0 Å². The van der Waals surface area contributed by atoms with Gasteiger partial charge in [0.2, 0.25) is 0 Å². The summed E-state index contributed by atoms with van der Waals surface area (Å²) in [6.45, 7) is -2.17. The Morgan fingerprint density at radius 2 is 2.00 bits per heavy atom. The smallest absolute Gasteiger partial charge is 0.407 e. The van der Waals surface area contributed by atoms with E-state index < -0.39 is 25.2 Å². The van der Waals surface area contributed by atoms with E-state index in [-0.39, 0.29) is 6.10 Å². The normalized spacial score (nSPS) is 18.2. The molecular formula is C10H17F2NO3. The van der Waals surface area contributed by atoms with Crippen LogP contribution in [0.1, 0.15) is 32.1 Å². The summed E-state index contributed by atoms with van der Waals surface area (Å²) in [6, 6.07) is 0. The van der Waals surface area contributed by atoms with Crippen LogP contribution in [0.2, 0.25) is 0 Å². The maximum absolute atomic E-state index is 12.6. The Kier molecular flexibility index (Phi) is 4.92. The number of halogens is 2. The molecule has 0 aromatic carbocycles. The van der Waals surface area contributed by atoms with Gasteiger partial charge in [0.15, 0.2) is 0 Å². The quantitative estimate of drug-likeness (QED) is 0.782. The summed E-state index contributed by atoms with van der Waals surface area (Å²) < 4.78 is 30.1. The van der Waals surface area contributed by atoms with Crippen LogP contribution >= 0.6 is 0 Å². The third-order valence-electron chi connectivity index (χ3n) is 2.55. The molecule has 0 aromatic heterocycles. The second kappa shape index (κ2) is 5.98. The lowest BCUT2D eigenvalue weighted by molar-refractivity contribution is -0.0481. The number of nitrogens with one attached hydrogen (secondary N) is 1. The van der Waals surface area contributed by atoms with Gasteiger partial charge in [-0.25, -0.2) is 13.6 Å². The van der Waals surface area contributed by atoms with Crippen molar-refractivity contribution in [3.63, 3.8) is 0 Å². The number of aliphatic hydroxyl groups is 1. The largest absolute Gasteiger partial charge is 0.446 e. The summed E-state index contributed by atoms with van der Waals surface area (Å²) in [6.07, 6.45) is 3.74. The van der Waals surface area contributed by atoms with E-state index >= 15 is 0 Å². The zero-order valence-electron chi connectivity index (χ0n) is 9.05. The van der Waals surface area contributed by atoms with E-state index in [4.69, 9.17) is 9.84 Å². The maximum atomic E-state index is 12.6. The Bertz CT molecular complexity index is 230. The van der Waals surface area contributed by atoms with Gasteiger partial charge in [-0.15, -0.1) is 0 Å². The zero-order valence-corrected chi connectivity index (χ0v) is 9.05.